The lowest BCUT2D eigenvalue weighted by Gasteiger charge is -2.20. The van der Waals surface area contributed by atoms with Crippen LogP contribution in [-0.2, 0) is 11.2 Å². The first-order valence-corrected chi connectivity index (χ1v) is 6.73. The second-order valence-electron chi connectivity index (χ2n) is 5.31. The summed E-state index contributed by atoms with van der Waals surface area (Å²) in [7, 11) is 0. The first kappa shape index (κ1) is 15.7. The number of hydrogen-bond donors (Lipinski definition) is 3. The zero-order chi connectivity index (χ0) is 14.3. The van der Waals surface area contributed by atoms with Crippen molar-refractivity contribution in [2.45, 2.75) is 38.8 Å². The van der Waals surface area contributed by atoms with E-state index in [4.69, 9.17) is 5.73 Å². The summed E-state index contributed by atoms with van der Waals surface area (Å²) in [6, 6.07) is 8.98. The summed E-state index contributed by atoms with van der Waals surface area (Å²) in [5.41, 5.74) is 6.90. The van der Waals surface area contributed by atoms with E-state index in [-0.39, 0.29) is 18.6 Å². The third-order valence-electron chi connectivity index (χ3n) is 2.95. The molecule has 0 saturated heterocycles. The Morgan fingerprint density at radius 2 is 1.95 bits per heavy atom. The smallest absolute Gasteiger partial charge is 0.237 e. The van der Waals surface area contributed by atoms with Crippen LogP contribution in [0.4, 0.5) is 0 Å². The van der Waals surface area contributed by atoms with Gasteiger partial charge in [-0.2, -0.15) is 0 Å². The molecule has 0 unspecified atom stereocenters. The van der Waals surface area contributed by atoms with E-state index < -0.39 is 6.04 Å². The summed E-state index contributed by atoms with van der Waals surface area (Å²) in [5, 5.41) is 12.2. The Kier molecular flexibility index (Phi) is 6.53. The highest BCUT2D eigenvalue weighted by molar-refractivity contribution is 5.81. The molecule has 4 N–H and O–H groups in total. The summed E-state index contributed by atoms with van der Waals surface area (Å²) in [6.45, 7) is 3.97. The molecule has 0 aliphatic heterocycles. The monoisotopic (exact) mass is 264 g/mol. The number of carbonyl (C=O) groups excluding carboxylic acids is 1. The second kappa shape index (κ2) is 7.92. The number of amides is 1. The van der Waals surface area contributed by atoms with Gasteiger partial charge in [0.2, 0.25) is 5.91 Å². The van der Waals surface area contributed by atoms with Crippen molar-refractivity contribution in [3.63, 3.8) is 0 Å². The molecule has 0 saturated carbocycles. The standard InChI is InChI=1S/C15H24N2O2/c1-11(2)8-14(16)15(19)17-13(10-18)9-12-6-4-3-5-7-12/h3-7,11,13-14,18H,8-10,16H2,1-2H3,(H,17,19)/t13-,14-/m1/s1. The molecule has 4 nitrogen and oxygen atoms in total. The maximum absolute atomic E-state index is 11.9. The van der Waals surface area contributed by atoms with Gasteiger partial charge in [0.05, 0.1) is 18.7 Å². The predicted molar refractivity (Wildman–Crippen MR) is 76.6 cm³/mol. The van der Waals surface area contributed by atoms with Gasteiger partial charge in [0.25, 0.3) is 0 Å². The fourth-order valence-corrected chi connectivity index (χ4v) is 1.98. The maximum atomic E-state index is 11.9. The van der Waals surface area contributed by atoms with Crippen LogP contribution < -0.4 is 11.1 Å². The quantitative estimate of drug-likeness (QED) is 0.690. The highest BCUT2D eigenvalue weighted by Crippen LogP contribution is 2.05. The van der Waals surface area contributed by atoms with Gasteiger partial charge in [-0.15, -0.1) is 0 Å². The van der Waals surface area contributed by atoms with Crippen molar-refractivity contribution in [3.05, 3.63) is 35.9 Å². The molecule has 0 fully saturated rings. The SMILES string of the molecule is CC(C)C[C@@H](N)C(=O)N[C@@H](CO)Cc1ccccc1. The van der Waals surface area contributed by atoms with Crippen molar-refractivity contribution >= 4 is 5.91 Å². The molecule has 0 spiro atoms. The number of nitrogens with one attached hydrogen (secondary N) is 1. The van der Waals surface area contributed by atoms with Gasteiger partial charge >= 0.3 is 0 Å². The molecule has 0 bridgehead atoms. The molecule has 0 radical (unpaired) electrons. The summed E-state index contributed by atoms with van der Waals surface area (Å²) in [6.07, 6.45) is 1.26. The molecule has 19 heavy (non-hydrogen) atoms. The van der Waals surface area contributed by atoms with Crippen LogP contribution in [-0.4, -0.2) is 29.7 Å². The minimum atomic E-state index is -0.509. The molecule has 0 heterocycles. The van der Waals surface area contributed by atoms with E-state index in [1.54, 1.807) is 0 Å². The van der Waals surface area contributed by atoms with Gasteiger partial charge in [-0.25, -0.2) is 0 Å². The normalized spacial score (nSPS) is 14.2. The highest BCUT2D eigenvalue weighted by atomic mass is 16.3. The van der Waals surface area contributed by atoms with Gasteiger partial charge in [-0.05, 0) is 24.3 Å². The molecule has 1 aromatic carbocycles. The Balaban J connectivity index is 2.50. The Bertz CT molecular complexity index is 379. The van der Waals surface area contributed by atoms with E-state index in [1.165, 1.54) is 0 Å². The van der Waals surface area contributed by atoms with Crippen LogP contribution in [0, 0.1) is 5.92 Å². The molecule has 1 aromatic rings. The van der Waals surface area contributed by atoms with E-state index in [2.05, 4.69) is 5.32 Å². The van der Waals surface area contributed by atoms with E-state index in [9.17, 15) is 9.90 Å². The number of hydrogen-bond acceptors (Lipinski definition) is 3. The first-order chi connectivity index (χ1) is 9.02. The summed E-state index contributed by atoms with van der Waals surface area (Å²) >= 11 is 0. The van der Waals surface area contributed by atoms with Gasteiger partial charge in [-0.3, -0.25) is 4.79 Å². The average molecular weight is 264 g/mol. The molecule has 2 atom stereocenters. The van der Waals surface area contributed by atoms with Crippen molar-refractivity contribution in [1.82, 2.24) is 5.32 Å². The van der Waals surface area contributed by atoms with Crippen LogP contribution in [0.2, 0.25) is 0 Å². The highest BCUT2D eigenvalue weighted by Gasteiger charge is 2.18. The third kappa shape index (κ3) is 5.85. The summed E-state index contributed by atoms with van der Waals surface area (Å²) < 4.78 is 0. The first-order valence-electron chi connectivity index (χ1n) is 6.73. The van der Waals surface area contributed by atoms with Crippen LogP contribution in [0.15, 0.2) is 30.3 Å². The van der Waals surface area contributed by atoms with Crippen molar-refractivity contribution in [3.8, 4) is 0 Å². The number of aliphatic hydroxyl groups is 1. The molecular formula is C15H24N2O2. The fourth-order valence-electron chi connectivity index (χ4n) is 1.98. The molecule has 0 aromatic heterocycles. The Morgan fingerprint density at radius 3 is 2.47 bits per heavy atom. The number of carbonyl (C=O) groups is 1. The Hall–Kier alpha value is -1.39. The van der Waals surface area contributed by atoms with Crippen LogP contribution in [0.25, 0.3) is 0 Å². The maximum Gasteiger partial charge on any atom is 0.237 e. The molecule has 1 rings (SSSR count). The van der Waals surface area contributed by atoms with Gasteiger partial charge in [0.1, 0.15) is 0 Å². The number of benzene rings is 1. The molecule has 106 valence electrons. The van der Waals surface area contributed by atoms with Gasteiger partial charge in [0.15, 0.2) is 0 Å². The fraction of sp³-hybridized carbons (Fsp3) is 0.533. The van der Waals surface area contributed by atoms with Crippen LogP contribution in [0.3, 0.4) is 0 Å². The number of rotatable bonds is 7. The van der Waals surface area contributed by atoms with Crippen LogP contribution >= 0.6 is 0 Å². The third-order valence-corrected chi connectivity index (χ3v) is 2.95. The minimum absolute atomic E-state index is 0.0883. The second-order valence-corrected chi connectivity index (χ2v) is 5.31. The Labute approximate surface area is 115 Å². The predicted octanol–water partition coefficient (Wildman–Crippen LogP) is 1.08. The minimum Gasteiger partial charge on any atom is -0.394 e. The topological polar surface area (TPSA) is 75.4 Å². The van der Waals surface area contributed by atoms with Crippen molar-refractivity contribution in [2.75, 3.05) is 6.61 Å². The molecule has 0 aliphatic rings. The van der Waals surface area contributed by atoms with Crippen LogP contribution in [0.1, 0.15) is 25.8 Å². The van der Waals surface area contributed by atoms with Gasteiger partial charge in [0, 0.05) is 0 Å². The van der Waals surface area contributed by atoms with E-state index in [0.29, 0.717) is 18.8 Å². The van der Waals surface area contributed by atoms with Crippen LogP contribution in [0.5, 0.6) is 0 Å². The van der Waals surface area contributed by atoms with Crippen molar-refractivity contribution in [2.24, 2.45) is 11.7 Å². The van der Waals surface area contributed by atoms with E-state index in [0.717, 1.165) is 5.56 Å². The van der Waals surface area contributed by atoms with Crippen molar-refractivity contribution < 1.29 is 9.90 Å². The summed E-state index contributed by atoms with van der Waals surface area (Å²) in [5.74, 6) is 0.186. The molecule has 4 heteroatoms. The Morgan fingerprint density at radius 1 is 1.32 bits per heavy atom. The van der Waals surface area contributed by atoms with E-state index >= 15 is 0 Å². The number of nitrogens with two attached hydrogens (primary N) is 1. The number of aliphatic hydroxyl groups excluding tert-OH is 1. The van der Waals surface area contributed by atoms with Gasteiger partial charge in [-0.1, -0.05) is 44.2 Å². The average Bonchev–Trinajstić information content (AvgIpc) is 2.38. The molecule has 0 aliphatic carbocycles. The van der Waals surface area contributed by atoms with Crippen molar-refractivity contribution in [1.29, 1.82) is 0 Å². The lowest BCUT2D eigenvalue weighted by molar-refractivity contribution is -0.123. The molecular weight excluding hydrogens is 240 g/mol. The lowest BCUT2D eigenvalue weighted by Crippen LogP contribution is -2.48. The zero-order valence-electron chi connectivity index (χ0n) is 11.7. The molecule has 1 amide bonds. The van der Waals surface area contributed by atoms with Gasteiger partial charge < -0.3 is 16.2 Å². The van der Waals surface area contributed by atoms with E-state index in [1.807, 2.05) is 44.2 Å². The zero-order valence-corrected chi connectivity index (χ0v) is 11.7. The lowest BCUT2D eigenvalue weighted by atomic mass is 10.0. The largest absolute Gasteiger partial charge is 0.394 e. The summed E-state index contributed by atoms with van der Waals surface area (Å²) in [4.78, 5) is 11.9.